The Morgan fingerprint density at radius 2 is 1.38 bits per heavy atom. The number of hydrogen-bond donors (Lipinski definition) is 0. The van der Waals surface area contributed by atoms with Gasteiger partial charge in [-0.3, -0.25) is 0 Å². The second-order valence-corrected chi connectivity index (χ2v) is 2.64. The van der Waals surface area contributed by atoms with Crippen LogP contribution in [0.4, 0.5) is 0 Å². The van der Waals surface area contributed by atoms with Gasteiger partial charge in [0.1, 0.15) is 0 Å². The van der Waals surface area contributed by atoms with E-state index in [1.54, 1.807) is 0 Å². The molecule has 0 radical (unpaired) electrons. The van der Waals surface area contributed by atoms with Crippen LogP contribution in [0.5, 0.6) is 0 Å². The van der Waals surface area contributed by atoms with Gasteiger partial charge in [-0.2, -0.15) is 18.6 Å². The van der Waals surface area contributed by atoms with E-state index in [4.69, 9.17) is 0 Å². The first-order valence-electron chi connectivity index (χ1n) is 3.67. The zero-order valence-corrected chi connectivity index (χ0v) is 8.25. The van der Waals surface area contributed by atoms with Crippen molar-refractivity contribution in [3.05, 3.63) is 55.0 Å². The van der Waals surface area contributed by atoms with Gasteiger partial charge in [0.25, 0.3) is 0 Å². The number of fused-ring (bicyclic) bond motifs is 1. The van der Waals surface area contributed by atoms with E-state index in [1.165, 1.54) is 10.8 Å². The van der Waals surface area contributed by atoms with E-state index in [9.17, 15) is 0 Å². The molecule has 0 aliphatic rings. The molecule has 0 aliphatic heterocycles. The van der Waals surface area contributed by atoms with Crippen molar-refractivity contribution in [2.75, 3.05) is 0 Å². The average molecular weight is 155 g/mol. The topological polar surface area (TPSA) is 0 Å². The van der Waals surface area contributed by atoms with Crippen molar-refractivity contribution in [1.82, 2.24) is 0 Å². The molecule has 0 unspecified atom stereocenters. The van der Waals surface area contributed by atoms with Crippen LogP contribution < -0.4 is 37.7 Å². The first-order valence-corrected chi connectivity index (χ1v) is 3.67. The van der Waals surface area contributed by atoms with Crippen molar-refractivity contribution in [1.29, 1.82) is 0 Å². The largest absolute Gasteiger partial charge is 1.00 e. The van der Waals surface area contributed by atoms with Crippen LogP contribution in [0.25, 0.3) is 10.8 Å². The Hall–Kier alpha value is -0.235. The molecule has 0 saturated heterocycles. The summed E-state index contributed by atoms with van der Waals surface area (Å²) in [4.78, 5) is 0. The Morgan fingerprint density at radius 3 is 2.08 bits per heavy atom. The van der Waals surface area contributed by atoms with Gasteiger partial charge in [-0.05, 0) is 0 Å². The van der Waals surface area contributed by atoms with Crippen LogP contribution in [0.3, 0.4) is 0 Å². The van der Waals surface area contributed by atoms with Crippen molar-refractivity contribution in [2.24, 2.45) is 0 Å². The van der Waals surface area contributed by atoms with E-state index in [0.29, 0.717) is 0 Å². The summed E-state index contributed by atoms with van der Waals surface area (Å²) >= 11 is 0. The molecule has 54 valence electrons. The van der Waals surface area contributed by atoms with Crippen LogP contribution in [-0.2, 0) is 0 Å². The maximum absolute atomic E-state index is 3.95. The number of rotatable bonds is 0. The molecular weight excluding hydrogens is 146 g/mol. The first kappa shape index (κ1) is 12.8. The maximum Gasteiger partial charge on any atom is 1.00 e. The summed E-state index contributed by atoms with van der Waals surface area (Å²) in [7, 11) is 0. The summed E-state index contributed by atoms with van der Waals surface area (Å²) in [5.41, 5.74) is 1.10. The van der Waals surface area contributed by atoms with Gasteiger partial charge in [0, 0.05) is 0 Å². The summed E-state index contributed by atoms with van der Waals surface area (Å²) in [6, 6.07) is 14.4. The van der Waals surface area contributed by atoms with Crippen LogP contribution in [0.15, 0.2) is 42.5 Å². The Morgan fingerprint density at radius 1 is 0.769 bits per heavy atom. The summed E-state index contributed by atoms with van der Waals surface area (Å²) in [6.45, 7) is 3.95. The maximum atomic E-state index is 3.95. The molecule has 0 fully saturated rings. The van der Waals surface area contributed by atoms with Crippen molar-refractivity contribution in [2.45, 2.75) is 0 Å². The third kappa shape index (κ3) is 2.60. The van der Waals surface area contributed by atoms with E-state index in [2.05, 4.69) is 25.1 Å². The van der Waals surface area contributed by atoms with Gasteiger partial charge in [-0.25, -0.2) is 0 Å². The van der Waals surface area contributed by atoms with Crippen LogP contribution in [0.2, 0.25) is 0 Å². The Labute approximate surface area is 103 Å². The van der Waals surface area contributed by atoms with E-state index < -0.39 is 0 Å². The molecule has 2 aromatic rings. The molecule has 2 rings (SSSR count). The minimum absolute atomic E-state index is 0. The Bertz CT molecular complexity index is 377. The van der Waals surface area contributed by atoms with Gasteiger partial charge >= 0.3 is 37.7 Å². The molecule has 0 spiro atoms. The summed E-state index contributed by atoms with van der Waals surface area (Å²) in [5.74, 6) is 0. The van der Waals surface area contributed by atoms with Crippen molar-refractivity contribution >= 4 is 10.8 Å². The van der Waals surface area contributed by atoms with Crippen LogP contribution in [0.1, 0.15) is 5.56 Å². The van der Waals surface area contributed by atoms with Gasteiger partial charge in [0.15, 0.2) is 0 Å². The van der Waals surface area contributed by atoms with Gasteiger partial charge in [-0.1, -0.05) is 29.7 Å². The molecule has 0 atom stereocenters. The fraction of sp³-hybridized carbons (Fsp3) is 0. The molecule has 0 aliphatic carbocycles. The standard InChI is InChI=1S/C11H9.2Li/c1-9-5-4-7-10-6-2-3-8-11(9)10;;/h2-8H,1H2;;/q-1;2*+1. The molecule has 0 aromatic heterocycles. The fourth-order valence-electron chi connectivity index (χ4n) is 1.29. The zero-order valence-electron chi connectivity index (χ0n) is 8.25. The zero-order chi connectivity index (χ0) is 7.68. The second kappa shape index (κ2) is 5.49. The molecule has 0 bridgehead atoms. The van der Waals surface area contributed by atoms with E-state index in [-0.39, 0.29) is 37.7 Å². The normalized spacial score (nSPS) is 8.62. The van der Waals surface area contributed by atoms with Gasteiger partial charge < -0.3 is 0 Å². The Kier molecular flexibility index (Phi) is 5.39. The molecule has 0 saturated carbocycles. The Balaban J connectivity index is 0.000000720. The predicted octanol–water partition coefficient (Wildman–Crippen LogP) is -2.97. The molecule has 0 amide bonds. The molecular formula is C11H9Li2+. The quantitative estimate of drug-likeness (QED) is 0.281. The molecule has 0 nitrogen and oxygen atoms in total. The van der Waals surface area contributed by atoms with Crippen molar-refractivity contribution in [3.8, 4) is 0 Å². The van der Waals surface area contributed by atoms with Crippen molar-refractivity contribution in [3.63, 3.8) is 0 Å². The van der Waals surface area contributed by atoms with E-state index in [0.717, 1.165) is 5.56 Å². The SMILES string of the molecule is [CH2-]c1cccc2ccccc12.[Li+].[Li+]. The average Bonchev–Trinajstić information content (AvgIpc) is 2.06. The third-order valence-electron chi connectivity index (χ3n) is 1.88. The monoisotopic (exact) mass is 155 g/mol. The molecule has 2 aromatic carbocycles. The van der Waals surface area contributed by atoms with E-state index >= 15 is 0 Å². The number of hydrogen-bond acceptors (Lipinski definition) is 0. The van der Waals surface area contributed by atoms with E-state index in [1.807, 2.05) is 24.3 Å². The summed E-state index contributed by atoms with van der Waals surface area (Å²) in [6.07, 6.45) is 0. The molecule has 0 heterocycles. The van der Waals surface area contributed by atoms with Gasteiger partial charge in [0.2, 0.25) is 0 Å². The predicted molar refractivity (Wildman–Crippen MR) is 48.4 cm³/mol. The van der Waals surface area contributed by atoms with Crippen molar-refractivity contribution < 1.29 is 37.7 Å². The number of benzene rings is 2. The second-order valence-electron chi connectivity index (χ2n) is 2.64. The van der Waals surface area contributed by atoms with Crippen LogP contribution in [0, 0.1) is 6.92 Å². The molecule has 13 heavy (non-hydrogen) atoms. The minimum Gasteiger partial charge on any atom is -0.198 e. The molecule has 0 N–H and O–H groups in total. The first-order chi connectivity index (χ1) is 5.38. The smallest absolute Gasteiger partial charge is 0.198 e. The van der Waals surface area contributed by atoms with Gasteiger partial charge in [-0.15, -0.1) is 17.5 Å². The minimum atomic E-state index is 0. The van der Waals surface area contributed by atoms with Gasteiger partial charge in [0.05, 0.1) is 0 Å². The fourth-order valence-corrected chi connectivity index (χ4v) is 1.29. The van der Waals surface area contributed by atoms with Crippen LogP contribution >= 0.6 is 0 Å². The third-order valence-corrected chi connectivity index (χ3v) is 1.88. The summed E-state index contributed by atoms with van der Waals surface area (Å²) in [5, 5.41) is 2.51. The van der Waals surface area contributed by atoms with Crippen LogP contribution in [-0.4, -0.2) is 0 Å². The molecule has 2 heteroatoms. The summed E-state index contributed by atoms with van der Waals surface area (Å²) < 4.78 is 0.